The molecule has 0 aromatic carbocycles. The first kappa shape index (κ1) is 10.3. The van der Waals surface area contributed by atoms with Gasteiger partial charge in [-0.25, -0.2) is 0 Å². The number of rotatable bonds is 3. The van der Waals surface area contributed by atoms with E-state index in [0.717, 1.165) is 0 Å². The molecular formula is C11H19NOS. The van der Waals surface area contributed by atoms with E-state index < -0.39 is 0 Å². The predicted octanol–water partition coefficient (Wildman–Crippen LogP) is 2.74. The first-order valence-electron chi connectivity index (χ1n) is 5.78. The summed E-state index contributed by atoms with van der Waals surface area (Å²) in [5.74, 6) is 1.31. The van der Waals surface area contributed by atoms with Gasteiger partial charge in [0.2, 0.25) is 5.91 Å². The summed E-state index contributed by atoms with van der Waals surface area (Å²) >= 11 is 1.67. The highest BCUT2D eigenvalue weighted by molar-refractivity contribution is 7.99. The Labute approximate surface area is 90.3 Å². The maximum absolute atomic E-state index is 11.7. The summed E-state index contributed by atoms with van der Waals surface area (Å²) in [6.45, 7) is 2.23. The number of hydrogen-bond donors (Lipinski definition) is 1. The van der Waals surface area contributed by atoms with E-state index in [2.05, 4.69) is 11.6 Å². The van der Waals surface area contributed by atoms with Crippen LogP contribution in [0.1, 0.15) is 45.4 Å². The average molecular weight is 213 g/mol. The summed E-state index contributed by atoms with van der Waals surface area (Å²) in [5, 5.41) is 0.582. The molecule has 1 aliphatic heterocycles. The lowest BCUT2D eigenvalue weighted by Crippen LogP contribution is -2.33. The van der Waals surface area contributed by atoms with E-state index >= 15 is 0 Å². The van der Waals surface area contributed by atoms with Crippen LogP contribution in [0.4, 0.5) is 0 Å². The van der Waals surface area contributed by atoms with Crippen molar-refractivity contribution in [3.8, 4) is 0 Å². The predicted molar refractivity (Wildman–Crippen MR) is 59.9 cm³/mol. The molecule has 0 bridgehead atoms. The van der Waals surface area contributed by atoms with E-state index in [-0.39, 0.29) is 0 Å². The zero-order chi connectivity index (χ0) is 9.97. The van der Waals surface area contributed by atoms with Gasteiger partial charge in [0.1, 0.15) is 0 Å². The smallest absolute Gasteiger partial charge is 0.234 e. The molecule has 1 heterocycles. The second-order valence-electron chi connectivity index (χ2n) is 4.48. The average Bonchev–Trinajstić information content (AvgIpc) is 2.58. The van der Waals surface area contributed by atoms with Crippen LogP contribution in [0.25, 0.3) is 0 Å². The molecule has 3 atom stereocenters. The molecule has 0 aromatic rings. The van der Waals surface area contributed by atoms with Crippen LogP contribution in [0, 0.1) is 11.8 Å². The van der Waals surface area contributed by atoms with E-state index in [1.54, 1.807) is 11.9 Å². The molecular weight excluding hydrogens is 194 g/mol. The van der Waals surface area contributed by atoms with Crippen LogP contribution in [0.3, 0.4) is 0 Å². The van der Waals surface area contributed by atoms with Gasteiger partial charge < -0.3 is 0 Å². The van der Waals surface area contributed by atoms with Crippen LogP contribution in [-0.2, 0) is 4.79 Å². The number of fused-ring (bicyclic) bond motifs is 1. The molecule has 3 heteroatoms. The van der Waals surface area contributed by atoms with Crippen molar-refractivity contribution < 1.29 is 4.79 Å². The normalized spacial score (nSPS) is 36.6. The maximum Gasteiger partial charge on any atom is 0.234 e. The number of carbonyl (C=O) groups is 1. The van der Waals surface area contributed by atoms with E-state index in [1.165, 1.54) is 38.5 Å². The van der Waals surface area contributed by atoms with Crippen molar-refractivity contribution >= 4 is 17.9 Å². The first-order chi connectivity index (χ1) is 6.83. The largest absolute Gasteiger partial charge is 0.300 e. The van der Waals surface area contributed by atoms with Crippen molar-refractivity contribution in [2.75, 3.05) is 0 Å². The molecule has 80 valence electrons. The molecule has 0 radical (unpaired) electrons. The molecule has 1 N–H and O–H groups in total. The Kier molecular flexibility index (Phi) is 3.37. The molecule has 1 amide bonds. The molecule has 1 aliphatic carbocycles. The molecule has 2 aliphatic rings. The third-order valence-corrected chi connectivity index (χ3v) is 4.66. The molecule has 3 unspecified atom stereocenters. The topological polar surface area (TPSA) is 29.1 Å². The zero-order valence-electron chi connectivity index (χ0n) is 8.79. The SMILES string of the molecule is CCCCC1CCCC2SNC(=O)C12. The minimum atomic E-state index is 0.306. The molecule has 14 heavy (non-hydrogen) atoms. The van der Waals surface area contributed by atoms with Gasteiger partial charge in [-0.3, -0.25) is 9.52 Å². The van der Waals surface area contributed by atoms with E-state index in [1.807, 2.05) is 0 Å². The van der Waals surface area contributed by atoms with Crippen molar-refractivity contribution in [3.63, 3.8) is 0 Å². The lowest BCUT2D eigenvalue weighted by Gasteiger charge is -2.30. The third-order valence-electron chi connectivity index (χ3n) is 3.51. The Hall–Kier alpha value is -0.180. The van der Waals surface area contributed by atoms with Crippen LogP contribution in [-0.4, -0.2) is 11.2 Å². The molecule has 2 fully saturated rings. The fraction of sp³-hybridized carbons (Fsp3) is 0.909. The zero-order valence-corrected chi connectivity index (χ0v) is 9.61. The highest BCUT2D eigenvalue weighted by Crippen LogP contribution is 2.42. The minimum absolute atomic E-state index is 0.306. The number of unbranched alkanes of at least 4 members (excludes halogenated alkanes) is 1. The number of amides is 1. The van der Waals surface area contributed by atoms with Gasteiger partial charge in [-0.15, -0.1) is 0 Å². The summed E-state index contributed by atoms with van der Waals surface area (Å²) in [5.41, 5.74) is 0. The monoisotopic (exact) mass is 213 g/mol. The molecule has 0 spiro atoms. The molecule has 1 saturated carbocycles. The van der Waals surface area contributed by atoms with Gasteiger partial charge in [-0.2, -0.15) is 0 Å². The van der Waals surface area contributed by atoms with Crippen LogP contribution < -0.4 is 4.72 Å². The van der Waals surface area contributed by atoms with Gasteiger partial charge in [0.05, 0.1) is 5.92 Å². The first-order valence-corrected chi connectivity index (χ1v) is 6.66. The lowest BCUT2D eigenvalue weighted by atomic mass is 9.76. The summed E-state index contributed by atoms with van der Waals surface area (Å²) in [7, 11) is 0. The minimum Gasteiger partial charge on any atom is -0.300 e. The Morgan fingerprint density at radius 3 is 3.14 bits per heavy atom. The van der Waals surface area contributed by atoms with E-state index in [4.69, 9.17) is 0 Å². The fourth-order valence-corrected chi connectivity index (χ4v) is 3.93. The molecule has 2 nitrogen and oxygen atoms in total. The van der Waals surface area contributed by atoms with E-state index in [0.29, 0.717) is 23.0 Å². The number of nitrogens with one attached hydrogen (secondary N) is 1. The van der Waals surface area contributed by atoms with Crippen LogP contribution >= 0.6 is 11.9 Å². The Bertz CT molecular complexity index is 219. The second kappa shape index (κ2) is 4.56. The summed E-state index contributed by atoms with van der Waals surface area (Å²) < 4.78 is 2.95. The van der Waals surface area contributed by atoms with Gasteiger partial charge in [0, 0.05) is 5.25 Å². The van der Waals surface area contributed by atoms with E-state index in [9.17, 15) is 4.79 Å². The van der Waals surface area contributed by atoms with Gasteiger partial charge in [0.25, 0.3) is 0 Å². The summed E-state index contributed by atoms with van der Waals surface area (Å²) in [6, 6.07) is 0. The Morgan fingerprint density at radius 2 is 2.36 bits per heavy atom. The van der Waals surface area contributed by atoms with Gasteiger partial charge >= 0.3 is 0 Å². The van der Waals surface area contributed by atoms with Crippen LogP contribution in [0.15, 0.2) is 0 Å². The van der Waals surface area contributed by atoms with Gasteiger partial charge in [0.15, 0.2) is 0 Å². The van der Waals surface area contributed by atoms with Crippen LogP contribution in [0.5, 0.6) is 0 Å². The van der Waals surface area contributed by atoms with Crippen molar-refractivity contribution in [2.45, 2.75) is 50.7 Å². The highest BCUT2D eigenvalue weighted by atomic mass is 32.2. The highest BCUT2D eigenvalue weighted by Gasteiger charge is 2.42. The maximum atomic E-state index is 11.7. The fourth-order valence-electron chi connectivity index (χ4n) is 2.75. The molecule has 2 rings (SSSR count). The molecule has 1 saturated heterocycles. The Morgan fingerprint density at radius 1 is 1.50 bits per heavy atom. The van der Waals surface area contributed by atoms with Crippen LogP contribution in [0.2, 0.25) is 0 Å². The molecule has 0 aromatic heterocycles. The van der Waals surface area contributed by atoms with Crippen molar-refractivity contribution in [1.29, 1.82) is 0 Å². The Balaban J connectivity index is 1.97. The number of carbonyl (C=O) groups excluding carboxylic acids is 1. The van der Waals surface area contributed by atoms with Gasteiger partial charge in [-0.05, 0) is 37.1 Å². The van der Waals surface area contributed by atoms with Crippen molar-refractivity contribution in [1.82, 2.24) is 4.72 Å². The standard InChI is InChI=1S/C11H19NOS/c1-2-3-5-8-6-4-7-9-10(8)11(13)12-14-9/h8-10H,2-7H2,1H3,(H,12,13). The summed E-state index contributed by atoms with van der Waals surface area (Å²) in [6.07, 6.45) is 7.61. The third kappa shape index (κ3) is 1.92. The van der Waals surface area contributed by atoms with Gasteiger partial charge in [-0.1, -0.05) is 26.2 Å². The second-order valence-corrected chi connectivity index (χ2v) is 5.53. The quantitative estimate of drug-likeness (QED) is 0.730. The lowest BCUT2D eigenvalue weighted by molar-refractivity contribution is -0.124. The summed E-state index contributed by atoms with van der Waals surface area (Å²) in [4.78, 5) is 11.7. The number of hydrogen-bond acceptors (Lipinski definition) is 2. The van der Waals surface area contributed by atoms with Crippen molar-refractivity contribution in [2.24, 2.45) is 11.8 Å². The van der Waals surface area contributed by atoms with Crippen molar-refractivity contribution in [3.05, 3.63) is 0 Å².